The summed E-state index contributed by atoms with van der Waals surface area (Å²) in [5.41, 5.74) is 11.7. The maximum Gasteiger partial charge on any atom is 0.0638 e. The van der Waals surface area contributed by atoms with Crippen LogP contribution in [0, 0.1) is 0 Å². The van der Waals surface area contributed by atoms with Gasteiger partial charge in [-0.3, -0.25) is 4.98 Å². The minimum absolute atomic E-state index is 1.17. The van der Waals surface area contributed by atoms with Crippen molar-refractivity contribution in [1.29, 1.82) is 0 Å². The van der Waals surface area contributed by atoms with Crippen LogP contribution in [0.2, 0.25) is 0 Å². The molecule has 0 atom stereocenters. The Labute approximate surface area is 233 Å². The number of benzene rings is 2. The zero-order valence-electron chi connectivity index (χ0n) is 23.5. The molecule has 0 saturated heterocycles. The van der Waals surface area contributed by atoms with Gasteiger partial charge in [0.25, 0.3) is 0 Å². The molecule has 4 aromatic heterocycles. The van der Waals surface area contributed by atoms with Crippen molar-refractivity contribution in [2.24, 2.45) is 0 Å². The largest absolute Gasteiger partial charge is 0.308 e. The third kappa shape index (κ3) is 5.17. The van der Waals surface area contributed by atoms with Crippen LogP contribution in [0.1, 0.15) is 76.3 Å². The van der Waals surface area contributed by atoms with Gasteiger partial charge < -0.3 is 4.40 Å². The van der Waals surface area contributed by atoms with Gasteiger partial charge in [-0.1, -0.05) is 101 Å². The van der Waals surface area contributed by atoms with Gasteiger partial charge in [-0.2, -0.15) is 0 Å². The molecule has 2 nitrogen and oxygen atoms in total. The topological polar surface area (TPSA) is 17.3 Å². The Kier molecular flexibility index (Phi) is 7.63. The van der Waals surface area contributed by atoms with Crippen molar-refractivity contribution in [3.05, 3.63) is 96.3 Å². The lowest BCUT2D eigenvalue weighted by Crippen LogP contribution is -1.97. The second-order valence-electron chi connectivity index (χ2n) is 11.2. The molecule has 0 radical (unpaired) electrons. The molecule has 0 spiro atoms. The summed E-state index contributed by atoms with van der Waals surface area (Å²) in [6, 6.07) is 27.8. The van der Waals surface area contributed by atoms with E-state index in [2.05, 4.69) is 96.0 Å². The average molecular weight is 513 g/mol. The van der Waals surface area contributed by atoms with Crippen LogP contribution in [0.3, 0.4) is 0 Å². The molecule has 0 aliphatic heterocycles. The van der Waals surface area contributed by atoms with Crippen molar-refractivity contribution < 1.29 is 0 Å². The Morgan fingerprint density at radius 3 is 1.44 bits per heavy atom. The minimum atomic E-state index is 1.17. The fraction of sp³-hybridized carbons (Fsp3) is 0.324. The molecule has 39 heavy (non-hydrogen) atoms. The number of hydrogen-bond acceptors (Lipinski definition) is 1. The van der Waals surface area contributed by atoms with Crippen LogP contribution in [-0.2, 0) is 12.8 Å². The van der Waals surface area contributed by atoms with E-state index in [4.69, 9.17) is 0 Å². The predicted molar refractivity (Wildman–Crippen MR) is 168 cm³/mol. The summed E-state index contributed by atoms with van der Waals surface area (Å²) in [5, 5.41) is 2.38. The molecule has 2 aromatic carbocycles. The Bertz CT molecular complexity index is 1540. The summed E-state index contributed by atoms with van der Waals surface area (Å²) in [7, 11) is 0. The zero-order valence-corrected chi connectivity index (χ0v) is 23.5. The first kappa shape index (κ1) is 25.6. The molecule has 4 heterocycles. The number of aryl methyl sites for hydroxylation is 2. The van der Waals surface area contributed by atoms with Crippen LogP contribution in [0.15, 0.2) is 85.2 Å². The third-order valence-corrected chi connectivity index (χ3v) is 8.40. The Balaban J connectivity index is 1.37. The molecule has 6 aromatic rings. The van der Waals surface area contributed by atoms with Gasteiger partial charge >= 0.3 is 0 Å². The standard InChI is InChI=1S/C37H40N2/c1-3-5-7-9-11-27-13-17-29(18-14-27)33-23-31-25-38-26-32-24-34(36-22-21-35(33)39(36)37(31)32)30-19-15-28(16-20-30)12-10-8-6-4-2/h13-26H,3-12H2,1-2H3. The molecule has 2 heteroatoms. The van der Waals surface area contributed by atoms with Crippen molar-refractivity contribution >= 4 is 27.3 Å². The van der Waals surface area contributed by atoms with E-state index in [1.165, 1.54) is 125 Å². The van der Waals surface area contributed by atoms with E-state index >= 15 is 0 Å². The van der Waals surface area contributed by atoms with Gasteiger partial charge in [-0.05, 0) is 72.2 Å². The Hall–Kier alpha value is -3.65. The van der Waals surface area contributed by atoms with Gasteiger partial charge in [-0.15, -0.1) is 0 Å². The summed E-state index contributed by atoms with van der Waals surface area (Å²) in [6.45, 7) is 4.54. The average Bonchev–Trinajstić information content (AvgIpc) is 3.43. The SMILES string of the molecule is CCCCCCc1ccc(-c2cc3cncc4cc(-c5ccc(CCCCCC)cc5)c5ccc2n5c34)cc1. The Morgan fingerprint density at radius 2 is 1.00 bits per heavy atom. The van der Waals surface area contributed by atoms with E-state index in [9.17, 15) is 0 Å². The number of unbranched alkanes of at least 4 members (excludes halogenated alkanes) is 6. The van der Waals surface area contributed by atoms with Gasteiger partial charge in [-0.25, -0.2) is 0 Å². The van der Waals surface area contributed by atoms with Crippen molar-refractivity contribution in [1.82, 2.24) is 9.38 Å². The van der Waals surface area contributed by atoms with Gasteiger partial charge in [0.05, 0.1) is 16.6 Å². The van der Waals surface area contributed by atoms with E-state index in [0.717, 1.165) is 0 Å². The second kappa shape index (κ2) is 11.6. The monoisotopic (exact) mass is 512 g/mol. The molecule has 0 saturated carbocycles. The summed E-state index contributed by atoms with van der Waals surface area (Å²) in [4.78, 5) is 4.63. The summed E-state index contributed by atoms with van der Waals surface area (Å²) < 4.78 is 2.47. The molecule has 0 amide bonds. The van der Waals surface area contributed by atoms with Gasteiger partial charge in [0.1, 0.15) is 0 Å². The first-order valence-electron chi connectivity index (χ1n) is 15.1. The van der Waals surface area contributed by atoms with Gasteiger partial charge in [0, 0.05) is 34.3 Å². The fourth-order valence-corrected chi connectivity index (χ4v) is 6.19. The van der Waals surface area contributed by atoms with E-state index in [0.29, 0.717) is 0 Å². The van der Waals surface area contributed by atoms with Crippen LogP contribution in [0.4, 0.5) is 0 Å². The lowest BCUT2D eigenvalue weighted by atomic mass is 9.98. The number of pyridine rings is 3. The molecule has 198 valence electrons. The predicted octanol–water partition coefficient (Wildman–Crippen LogP) is 10.7. The van der Waals surface area contributed by atoms with Crippen molar-refractivity contribution in [2.75, 3.05) is 0 Å². The van der Waals surface area contributed by atoms with Crippen LogP contribution in [0.5, 0.6) is 0 Å². The summed E-state index contributed by atoms with van der Waals surface area (Å²) in [6.07, 6.45) is 16.8. The van der Waals surface area contributed by atoms with Crippen molar-refractivity contribution in [3.63, 3.8) is 0 Å². The van der Waals surface area contributed by atoms with Crippen molar-refractivity contribution in [3.8, 4) is 22.3 Å². The highest BCUT2D eigenvalue weighted by Gasteiger charge is 2.17. The molecule has 6 rings (SSSR count). The molecule has 0 fully saturated rings. The van der Waals surface area contributed by atoms with E-state index in [-0.39, 0.29) is 0 Å². The lowest BCUT2D eigenvalue weighted by Gasteiger charge is -2.16. The highest BCUT2D eigenvalue weighted by atomic mass is 14.9. The third-order valence-electron chi connectivity index (χ3n) is 8.40. The minimum Gasteiger partial charge on any atom is -0.308 e. The maximum atomic E-state index is 4.63. The molecule has 0 aliphatic carbocycles. The zero-order chi connectivity index (χ0) is 26.6. The van der Waals surface area contributed by atoms with E-state index < -0.39 is 0 Å². The smallest absolute Gasteiger partial charge is 0.0638 e. The maximum absolute atomic E-state index is 4.63. The molecule has 0 aliphatic rings. The highest BCUT2D eigenvalue weighted by molar-refractivity contribution is 6.07. The van der Waals surface area contributed by atoms with E-state index in [1.807, 2.05) is 12.4 Å². The van der Waals surface area contributed by atoms with Gasteiger partial charge in [0.15, 0.2) is 0 Å². The number of hydrogen-bond donors (Lipinski definition) is 0. The van der Waals surface area contributed by atoms with Crippen molar-refractivity contribution in [2.45, 2.75) is 78.1 Å². The Morgan fingerprint density at radius 1 is 0.538 bits per heavy atom. The number of nitrogens with zero attached hydrogens (tertiary/aromatic N) is 2. The molecule has 0 unspecified atom stereocenters. The second-order valence-corrected chi connectivity index (χ2v) is 11.2. The molecular formula is C37H40N2. The molecule has 0 bridgehead atoms. The fourth-order valence-electron chi connectivity index (χ4n) is 6.19. The van der Waals surface area contributed by atoms with Crippen LogP contribution < -0.4 is 0 Å². The highest BCUT2D eigenvalue weighted by Crippen LogP contribution is 2.38. The molecule has 0 N–H and O–H groups in total. The van der Waals surface area contributed by atoms with Crippen LogP contribution in [-0.4, -0.2) is 9.38 Å². The number of rotatable bonds is 12. The number of aromatic nitrogens is 2. The molecular weight excluding hydrogens is 472 g/mol. The van der Waals surface area contributed by atoms with E-state index in [1.54, 1.807) is 0 Å². The van der Waals surface area contributed by atoms with Crippen LogP contribution in [0.25, 0.3) is 49.6 Å². The quantitative estimate of drug-likeness (QED) is 0.149. The first-order valence-corrected chi connectivity index (χ1v) is 15.1. The van der Waals surface area contributed by atoms with Gasteiger partial charge in [0.2, 0.25) is 0 Å². The summed E-state index contributed by atoms with van der Waals surface area (Å²) >= 11 is 0. The normalized spacial score (nSPS) is 11.8. The summed E-state index contributed by atoms with van der Waals surface area (Å²) in [5.74, 6) is 0. The first-order chi connectivity index (χ1) is 19.3. The lowest BCUT2D eigenvalue weighted by molar-refractivity contribution is 0.667. The van der Waals surface area contributed by atoms with Crippen LogP contribution >= 0.6 is 0 Å².